The standard InChI is InChI=1S/C18H19NO2/c20-17-18(10-12-21-17)13-19-11-4-7-16(19)15(18)9-8-14-5-2-1-3-6-14/h1-3,5-6,15-16H,4,7,10-13H2/t15-,16+,18-/m1/s1. The van der Waals surface area contributed by atoms with Crippen molar-refractivity contribution in [2.75, 3.05) is 19.7 Å². The molecule has 4 rings (SSSR count). The number of cyclic esters (lactones) is 1. The van der Waals surface area contributed by atoms with E-state index in [2.05, 4.69) is 16.7 Å². The van der Waals surface area contributed by atoms with Crippen molar-refractivity contribution in [1.29, 1.82) is 0 Å². The van der Waals surface area contributed by atoms with Gasteiger partial charge < -0.3 is 4.74 Å². The normalized spacial score (nSPS) is 34.6. The summed E-state index contributed by atoms with van der Waals surface area (Å²) in [6.45, 7) is 2.50. The number of fused-ring (bicyclic) bond motifs is 1. The Labute approximate surface area is 125 Å². The smallest absolute Gasteiger partial charge is 0.314 e. The second kappa shape index (κ2) is 4.89. The van der Waals surface area contributed by atoms with Crippen molar-refractivity contribution in [3.05, 3.63) is 35.9 Å². The van der Waals surface area contributed by atoms with Gasteiger partial charge in [0.05, 0.1) is 17.9 Å². The van der Waals surface area contributed by atoms with Crippen LogP contribution in [-0.4, -0.2) is 36.6 Å². The highest BCUT2D eigenvalue weighted by Crippen LogP contribution is 2.49. The Morgan fingerprint density at radius 1 is 1.29 bits per heavy atom. The third kappa shape index (κ3) is 1.98. The van der Waals surface area contributed by atoms with Crippen LogP contribution in [0.5, 0.6) is 0 Å². The summed E-state index contributed by atoms with van der Waals surface area (Å²) in [5.41, 5.74) is 0.655. The minimum atomic E-state index is -0.368. The third-order valence-corrected chi connectivity index (χ3v) is 5.21. The number of carbonyl (C=O) groups is 1. The quantitative estimate of drug-likeness (QED) is 0.538. The highest BCUT2D eigenvalue weighted by Gasteiger charge is 2.60. The van der Waals surface area contributed by atoms with Crippen LogP contribution in [0.15, 0.2) is 30.3 Å². The van der Waals surface area contributed by atoms with E-state index < -0.39 is 0 Å². The minimum Gasteiger partial charge on any atom is -0.465 e. The lowest BCUT2D eigenvalue weighted by Crippen LogP contribution is -2.36. The molecule has 0 amide bonds. The Hall–Kier alpha value is -1.79. The molecule has 1 spiro atoms. The lowest BCUT2D eigenvalue weighted by Gasteiger charge is -2.24. The Balaban J connectivity index is 1.70. The molecule has 21 heavy (non-hydrogen) atoms. The molecule has 0 bridgehead atoms. The largest absolute Gasteiger partial charge is 0.465 e. The number of hydrogen-bond donors (Lipinski definition) is 0. The van der Waals surface area contributed by atoms with Crippen LogP contribution in [0.4, 0.5) is 0 Å². The molecule has 108 valence electrons. The van der Waals surface area contributed by atoms with Crippen LogP contribution in [-0.2, 0) is 9.53 Å². The second-order valence-corrected chi connectivity index (χ2v) is 6.34. The molecule has 0 unspecified atom stereocenters. The number of rotatable bonds is 0. The highest BCUT2D eigenvalue weighted by molar-refractivity contribution is 5.80. The molecule has 3 fully saturated rings. The number of benzene rings is 1. The fourth-order valence-electron chi connectivity index (χ4n) is 4.17. The van der Waals surface area contributed by atoms with E-state index in [0.717, 1.165) is 31.5 Å². The van der Waals surface area contributed by atoms with Gasteiger partial charge in [0.2, 0.25) is 0 Å². The van der Waals surface area contributed by atoms with E-state index in [1.54, 1.807) is 0 Å². The van der Waals surface area contributed by atoms with Crippen LogP contribution in [0.3, 0.4) is 0 Å². The lowest BCUT2D eigenvalue weighted by molar-refractivity contribution is -0.146. The first kappa shape index (κ1) is 12.9. The number of carbonyl (C=O) groups excluding carboxylic acids is 1. The average molecular weight is 281 g/mol. The van der Waals surface area contributed by atoms with Crippen molar-refractivity contribution in [2.45, 2.75) is 25.3 Å². The van der Waals surface area contributed by atoms with E-state index in [9.17, 15) is 4.79 Å². The Bertz CT molecular complexity index is 615. The third-order valence-electron chi connectivity index (χ3n) is 5.21. The summed E-state index contributed by atoms with van der Waals surface area (Å²) >= 11 is 0. The highest BCUT2D eigenvalue weighted by atomic mass is 16.5. The summed E-state index contributed by atoms with van der Waals surface area (Å²) in [7, 11) is 0. The van der Waals surface area contributed by atoms with Crippen molar-refractivity contribution in [2.24, 2.45) is 11.3 Å². The first-order valence-corrected chi connectivity index (χ1v) is 7.77. The van der Waals surface area contributed by atoms with Crippen molar-refractivity contribution < 1.29 is 9.53 Å². The summed E-state index contributed by atoms with van der Waals surface area (Å²) in [6, 6.07) is 10.5. The Morgan fingerprint density at radius 2 is 2.14 bits per heavy atom. The van der Waals surface area contributed by atoms with Crippen LogP contribution >= 0.6 is 0 Å². The van der Waals surface area contributed by atoms with Gasteiger partial charge >= 0.3 is 5.97 Å². The number of nitrogens with zero attached hydrogens (tertiary/aromatic N) is 1. The van der Waals surface area contributed by atoms with E-state index >= 15 is 0 Å². The summed E-state index contributed by atoms with van der Waals surface area (Å²) in [4.78, 5) is 14.8. The van der Waals surface area contributed by atoms with Gasteiger partial charge in [-0.15, -0.1) is 0 Å². The van der Waals surface area contributed by atoms with Crippen LogP contribution in [0.25, 0.3) is 0 Å². The van der Waals surface area contributed by atoms with E-state index in [0.29, 0.717) is 12.6 Å². The number of ether oxygens (including phenoxy) is 1. The van der Waals surface area contributed by atoms with E-state index in [1.165, 1.54) is 6.42 Å². The molecule has 3 saturated heterocycles. The minimum absolute atomic E-state index is 0.0238. The molecule has 1 aromatic rings. The summed E-state index contributed by atoms with van der Waals surface area (Å²) in [6.07, 6.45) is 3.20. The zero-order chi connectivity index (χ0) is 14.3. The molecular formula is C18H19NO2. The Kier molecular flexibility index (Phi) is 3.01. The van der Waals surface area contributed by atoms with Crippen molar-refractivity contribution in [3.63, 3.8) is 0 Å². The van der Waals surface area contributed by atoms with Gasteiger partial charge in [-0.3, -0.25) is 9.69 Å². The molecule has 0 saturated carbocycles. The SMILES string of the molecule is O=C1OCC[C@]12CN1CCC[C@H]1[C@H]2C#Cc1ccccc1. The maximum atomic E-state index is 12.3. The molecular weight excluding hydrogens is 262 g/mol. The predicted molar refractivity (Wildman–Crippen MR) is 79.4 cm³/mol. The monoisotopic (exact) mass is 281 g/mol. The summed E-state index contributed by atoms with van der Waals surface area (Å²) < 4.78 is 5.30. The first-order valence-electron chi connectivity index (χ1n) is 7.77. The molecule has 3 aliphatic heterocycles. The van der Waals surface area contributed by atoms with Gasteiger partial charge in [-0.1, -0.05) is 30.0 Å². The van der Waals surface area contributed by atoms with Gasteiger partial charge in [0.15, 0.2) is 0 Å². The van der Waals surface area contributed by atoms with Crippen LogP contribution in [0.2, 0.25) is 0 Å². The topological polar surface area (TPSA) is 29.5 Å². The molecule has 0 radical (unpaired) electrons. The van der Waals surface area contributed by atoms with Crippen molar-refractivity contribution >= 4 is 5.97 Å². The second-order valence-electron chi connectivity index (χ2n) is 6.34. The molecule has 3 aliphatic rings. The van der Waals surface area contributed by atoms with Gasteiger partial charge in [0, 0.05) is 24.6 Å². The molecule has 3 nitrogen and oxygen atoms in total. The van der Waals surface area contributed by atoms with Crippen molar-refractivity contribution in [1.82, 2.24) is 4.90 Å². The van der Waals surface area contributed by atoms with Crippen LogP contribution in [0, 0.1) is 23.2 Å². The van der Waals surface area contributed by atoms with Crippen LogP contribution in [0.1, 0.15) is 24.8 Å². The summed E-state index contributed by atoms with van der Waals surface area (Å²) in [5, 5.41) is 0. The van der Waals surface area contributed by atoms with E-state index in [4.69, 9.17) is 4.74 Å². The zero-order valence-electron chi connectivity index (χ0n) is 12.0. The Morgan fingerprint density at radius 3 is 2.90 bits per heavy atom. The maximum absolute atomic E-state index is 12.3. The van der Waals surface area contributed by atoms with Gasteiger partial charge in [-0.2, -0.15) is 0 Å². The predicted octanol–water partition coefficient (Wildman–Crippen LogP) is 2.07. The molecule has 0 aliphatic carbocycles. The maximum Gasteiger partial charge on any atom is 0.314 e. The number of esters is 1. The van der Waals surface area contributed by atoms with E-state index in [-0.39, 0.29) is 17.3 Å². The molecule has 3 heteroatoms. The molecule has 0 N–H and O–H groups in total. The summed E-state index contributed by atoms with van der Waals surface area (Å²) in [5.74, 6) is 6.82. The molecule has 0 aromatic heterocycles. The lowest BCUT2D eigenvalue weighted by atomic mass is 9.74. The molecule has 1 aromatic carbocycles. The molecule has 3 heterocycles. The number of hydrogen-bond acceptors (Lipinski definition) is 3. The van der Waals surface area contributed by atoms with Crippen molar-refractivity contribution in [3.8, 4) is 11.8 Å². The van der Waals surface area contributed by atoms with Gasteiger partial charge in [0.1, 0.15) is 0 Å². The van der Waals surface area contributed by atoms with Gasteiger partial charge in [-0.05, 0) is 31.5 Å². The van der Waals surface area contributed by atoms with Crippen LogP contribution < -0.4 is 0 Å². The van der Waals surface area contributed by atoms with Gasteiger partial charge in [0.25, 0.3) is 0 Å². The van der Waals surface area contributed by atoms with Gasteiger partial charge in [-0.25, -0.2) is 0 Å². The molecule has 3 atom stereocenters. The van der Waals surface area contributed by atoms with E-state index in [1.807, 2.05) is 30.3 Å². The fraction of sp³-hybridized carbons (Fsp3) is 0.500. The fourth-order valence-corrected chi connectivity index (χ4v) is 4.17. The average Bonchev–Trinajstić information content (AvgIpc) is 3.16. The zero-order valence-corrected chi connectivity index (χ0v) is 12.0. The first-order chi connectivity index (χ1) is 10.3.